The second-order valence-electron chi connectivity index (χ2n) is 32.0. The van der Waals surface area contributed by atoms with Gasteiger partial charge in [0.2, 0.25) is 0 Å². The Hall–Kier alpha value is -14.4. The fourth-order valence-electron chi connectivity index (χ4n) is 20.1. The summed E-state index contributed by atoms with van der Waals surface area (Å²) in [6.45, 7) is 4.99. The first kappa shape index (κ1) is 68.2. The van der Waals surface area contributed by atoms with Gasteiger partial charge in [-0.1, -0.05) is 335 Å². The second-order valence-corrected chi connectivity index (χ2v) is 40.0. The fourth-order valence-corrected chi connectivity index (χ4v) is 27.3. The summed E-state index contributed by atoms with van der Waals surface area (Å²) in [5.74, 6) is 0. The predicted molar refractivity (Wildman–Crippen MR) is 497 cm³/mol. The molecule has 2 heterocycles. The van der Waals surface area contributed by atoms with E-state index in [-0.39, 0.29) is 0 Å². The third kappa shape index (κ3) is 10.7. The minimum Gasteiger partial charge on any atom is -0.456 e. The molecule has 23 rings (SSSR count). The lowest BCUT2D eigenvalue weighted by Gasteiger charge is -2.34. The van der Waals surface area contributed by atoms with E-state index in [0.29, 0.717) is 0 Å². The first-order chi connectivity index (χ1) is 57.7. The van der Waals surface area contributed by atoms with E-state index in [0.717, 1.165) is 105 Å². The molecule has 0 unspecified atom stereocenters. The molecule has 0 aliphatic heterocycles. The Bertz CT molecular complexity index is 7450. The van der Waals surface area contributed by atoms with E-state index in [1.54, 1.807) is 0 Å². The number of furan rings is 2. The average molecular weight is 1530 g/mol. The zero-order valence-corrected chi connectivity index (χ0v) is 66.6. The molecular weight excluding hydrogens is 1450 g/mol. The highest BCUT2D eigenvalue weighted by Gasteiger charge is 2.53. The molecule has 0 bridgehead atoms. The highest BCUT2D eigenvalue weighted by atomic mass is 28.3. The molecule has 19 aromatic carbocycles. The van der Waals surface area contributed by atoms with Crippen molar-refractivity contribution in [2.75, 3.05) is 9.80 Å². The fraction of sp³-hybridized carbons (Fsp3) is 0.0270. The van der Waals surface area contributed by atoms with Crippen LogP contribution < -0.4 is 40.9 Å². The van der Waals surface area contributed by atoms with Crippen molar-refractivity contribution in [2.24, 2.45) is 0 Å². The van der Waals surface area contributed by atoms with Gasteiger partial charge in [-0.25, -0.2) is 0 Å². The van der Waals surface area contributed by atoms with E-state index in [9.17, 15) is 0 Å². The number of hydrogen-bond donors (Lipinski definition) is 0. The maximum Gasteiger partial charge on any atom is 0.145 e. The van der Waals surface area contributed by atoms with E-state index >= 15 is 0 Å². The zero-order chi connectivity index (χ0) is 77.5. The van der Waals surface area contributed by atoms with Gasteiger partial charge in [0.15, 0.2) is 0 Å². The highest BCUT2D eigenvalue weighted by molar-refractivity contribution is 7.11. The molecule has 21 aromatic rings. The second kappa shape index (κ2) is 26.9. The van der Waals surface area contributed by atoms with Crippen LogP contribution in [0.2, 0.25) is 13.1 Å². The topological polar surface area (TPSA) is 32.8 Å². The van der Waals surface area contributed by atoms with Crippen molar-refractivity contribution in [1.29, 1.82) is 0 Å². The van der Waals surface area contributed by atoms with Gasteiger partial charge in [-0.2, -0.15) is 0 Å². The molecule has 0 radical (unpaired) electrons. The molecule has 117 heavy (non-hydrogen) atoms. The Morgan fingerprint density at radius 2 is 0.573 bits per heavy atom. The number of hydrogen-bond acceptors (Lipinski definition) is 4. The van der Waals surface area contributed by atoms with Gasteiger partial charge in [-0.3, -0.25) is 0 Å². The van der Waals surface area contributed by atoms with Crippen LogP contribution in [0.1, 0.15) is 22.3 Å². The van der Waals surface area contributed by atoms with Crippen LogP contribution in [-0.4, -0.2) is 16.1 Å². The summed E-state index contributed by atoms with van der Waals surface area (Å²) >= 11 is 0. The monoisotopic (exact) mass is 1520 g/mol. The van der Waals surface area contributed by atoms with Crippen molar-refractivity contribution in [3.05, 3.63) is 447 Å². The Kier molecular flexibility index (Phi) is 15.7. The van der Waals surface area contributed by atoms with E-state index < -0.39 is 21.6 Å². The third-order valence-corrected chi connectivity index (χ3v) is 34.8. The number of fused-ring (bicyclic) bond motifs is 20. The summed E-state index contributed by atoms with van der Waals surface area (Å²) in [6, 6.07) is 159. The summed E-state index contributed by atoms with van der Waals surface area (Å²) in [4.78, 5) is 5.01. The van der Waals surface area contributed by atoms with Crippen LogP contribution in [0.5, 0.6) is 0 Å². The van der Waals surface area contributed by atoms with Gasteiger partial charge in [0.25, 0.3) is 0 Å². The molecule has 0 amide bonds. The van der Waals surface area contributed by atoms with Gasteiger partial charge in [0.05, 0.1) is 11.1 Å². The van der Waals surface area contributed by atoms with Crippen LogP contribution >= 0.6 is 0 Å². The number of benzene rings is 19. The van der Waals surface area contributed by atoms with Gasteiger partial charge in [-0.15, -0.1) is 0 Å². The lowest BCUT2D eigenvalue weighted by Crippen LogP contribution is -2.64. The Morgan fingerprint density at radius 3 is 1.07 bits per heavy atom. The summed E-state index contributed by atoms with van der Waals surface area (Å²) in [5, 5.41) is 19.5. The molecule has 1 spiro atoms. The first-order valence-electron chi connectivity index (χ1n) is 40.6. The van der Waals surface area contributed by atoms with Gasteiger partial charge in [0.1, 0.15) is 38.5 Å². The van der Waals surface area contributed by atoms with E-state index in [4.69, 9.17) is 8.83 Å². The van der Waals surface area contributed by atoms with E-state index in [1.165, 1.54) is 103 Å². The molecule has 6 heteroatoms. The Morgan fingerprint density at radius 1 is 0.214 bits per heavy atom. The summed E-state index contributed by atoms with van der Waals surface area (Å²) in [5.41, 5.74) is 23.4. The first-order valence-corrected chi connectivity index (χ1v) is 45.6. The molecule has 0 atom stereocenters. The molecule has 2 aliphatic rings. The lowest BCUT2D eigenvalue weighted by molar-refractivity contribution is 0.668. The molecule has 0 fully saturated rings. The molecule has 2 aromatic heterocycles. The Balaban J connectivity index is 0.705. The molecule has 4 nitrogen and oxygen atoms in total. The van der Waals surface area contributed by atoms with Crippen LogP contribution in [0, 0.1) is 0 Å². The highest BCUT2D eigenvalue weighted by Crippen LogP contribution is 2.66. The average Bonchev–Trinajstić information content (AvgIpc) is 1.50. The molecule has 0 N–H and O–H groups in total. The Labute approximate surface area is 681 Å². The molecule has 0 saturated heterocycles. The predicted octanol–water partition coefficient (Wildman–Crippen LogP) is 25.8. The number of anilines is 6. The molecule has 2 aliphatic carbocycles. The van der Waals surface area contributed by atoms with Gasteiger partial charge in [0, 0.05) is 55.4 Å². The van der Waals surface area contributed by atoms with Crippen LogP contribution in [0.15, 0.2) is 433 Å². The van der Waals surface area contributed by atoms with Crippen molar-refractivity contribution >= 4 is 158 Å². The smallest absolute Gasteiger partial charge is 0.145 e. The summed E-state index contributed by atoms with van der Waals surface area (Å²) < 4.78 is 13.8. The van der Waals surface area contributed by atoms with E-state index in [2.05, 4.69) is 448 Å². The molecule has 550 valence electrons. The van der Waals surface area contributed by atoms with Crippen LogP contribution in [-0.2, 0) is 5.41 Å². The minimum atomic E-state index is -2.43. The normalized spacial score (nSPS) is 12.8. The van der Waals surface area contributed by atoms with Crippen molar-refractivity contribution in [3.63, 3.8) is 0 Å². The number of nitrogens with zero attached hydrogens (tertiary/aromatic N) is 2. The third-order valence-electron chi connectivity index (χ3n) is 25.9. The van der Waals surface area contributed by atoms with Crippen molar-refractivity contribution in [1.82, 2.24) is 0 Å². The van der Waals surface area contributed by atoms with Crippen molar-refractivity contribution in [2.45, 2.75) is 18.5 Å². The van der Waals surface area contributed by atoms with E-state index in [1.807, 2.05) is 0 Å². The SMILES string of the molecule is C[Si](c1ccccc1)(c1ccccc1)c1cccc(-c2ccc3oc4ccc(N(c5ccc6c(c5)C5(c7ccccc7-c7ccccc75)c5cc(N(c7ccc8ccccc8c7)c7ccc8oc9ccc(-c%10cccc([Si](C)(c%11ccccc%11)c%11ccccc%11)c%10)cc9c8c7)c7ccccc7c5-6)c5ccc6ccccc6c5)cc4c3c2)c1. The minimum absolute atomic E-state index is 0.780. The molecule has 0 saturated carbocycles. The van der Waals surface area contributed by atoms with Gasteiger partial charge < -0.3 is 18.6 Å². The quantitative estimate of drug-likeness (QED) is 0.0802. The van der Waals surface area contributed by atoms with Crippen molar-refractivity contribution < 1.29 is 8.83 Å². The number of rotatable bonds is 14. The van der Waals surface area contributed by atoms with Crippen LogP contribution in [0.25, 0.3) is 121 Å². The van der Waals surface area contributed by atoms with Crippen molar-refractivity contribution in [3.8, 4) is 44.5 Å². The van der Waals surface area contributed by atoms with Crippen LogP contribution in [0.4, 0.5) is 34.1 Å². The standard InChI is InChI=1S/C111H76N2O2Si2/c1-116(86-33-7-3-8-34-86,87-35-9-4-10-36-87)90-41-25-31-77(65-90)79-51-59-106-97(67-79)99-69-83(56-61-108(99)114-106)112(81-53-49-73-27-15-17-29-75(73)63-81)85-55-58-96-103(71-85)111(101-47-23-21-43-92(101)93-44-22-24-48-102(93)111)104-72-105(94-45-19-20-46-95(94)110(96)104)113(82-54-50-74-28-16-18-30-76(74)64-82)84-57-62-109-100(70-84)98-68-80(52-60-107(98)115-109)78-32-26-42-91(66-78)117(2,88-37-11-5-12-38-88)89-39-13-6-14-40-89/h3-72H,1-2H3. The van der Waals surface area contributed by atoms with Gasteiger partial charge >= 0.3 is 0 Å². The summed E-state index contributed by atoms with van der Waals surface area (Å²) in [7, 11) is -4.85. The lowest BCUT2D eigenvalue weighted by atomic mass is 9.70. The largest absolute Gasteiger partial charge is 0.456 e. The van der Waals surface area contributed by atoms with Gasteiger partial charge in [-0.05, 0) is 228 Å². The maximum absolute atomic E-state index is 6.91. The van der Waals surface area contributed by atoms with Crippen LogP contribution in [0.3, 0.4) is 0 Å². The zero-order valence-electron chi connectivity index (χ0n) is 64.6. The summed E-state index contributed by atoms with van der Waals surface area (Å²) in [6.07, 6.45) is 0. The molecular formula is C111H76N2O2Si2. The maximum atomic E-state index is 6.91.